The molecule has 140 valence electrons. The molecule has 1 aromatic heterocycles. The number of halogens is 1. The number of aromatic amines is 1. The number of aromatic nitrogens is 2. The summed E-state index contributed by atoms with van der Waals surface area (Å²) in [5.41, 5.74) is 1.61. The van der Waals surface area contributed by atoms with E-state index in [4.69, 9.17) is 4.74 Å². The topological polar surface area (TPSA) is 58.2 Å². The van der Waals surface area contributed by atoms with Gasteiger partial charge in [0.05, 0.1) is 11.9 Å². The van der Waals surface area contributed by atoms with Crippen molar-refractivity contribution in [2.45, 2.75) is 57.6 Å². The van der Waals surface area contributed by atoms with Crippen LogP contribution >= 0.6 is 15.9 Å². The van der Waals surface area contributed by atoms with Crippen molar-refractivity contribution in [2.75, 3.05) is 7.05 Å². The van der Waals surface area contributed by atoms with Gasteiger partial charge in [0, 0.05) is 23.5 Å². The van der Waals surface area contributed by atoms with Gasteiger partial charge in [0.1, 0.15) is 11.4 Å². The number of benzene rings is 1. The van der Waals surface area contributed by atoms with Crippen molar-refractivity contribution in [1.82, 2.24) is 14.9 Å². The Labute approximate surface area is 163 Å². The second-order valence-corrected chi connectivity index (χ2v) is 8.80. The summed E-state index contributed by atoms with van der Waals surface area (Å²) < 4.78 is 6.59. The van der Waals surface area contributed by atoms with Gasteiger partial charge in [-0.2, -0.15) is 0 Å². The zero-order valence-electron chi connectivity index (χ0n) is 15.8. The second kappa shape index (κ2) is 7.43. The number of ether oxygens (including phenoxy) is 1. The van der Waals surface area contributed by atoms with Gasteiger partial charge in [0.15, 0.2) is 0 Å². The molecule has 1 heterocycles. The van der Waals surface area contributed by atoms with E-state index in [0.29, 0.717) is 0 Å². The van der Waals surface area contributed by atoms with Crippen molar-refractivity contribution in [3.05, 3.63) is 40.8 Å². The van der Waals surface area contributed by atoms with E-state index >= 15 is 0 Å². The highest BCUT2D eigenvalue weighted by Crippen LogP contribution is 2.37. The average molecular weight is 420 g/mol. The number of likely N-dealkylation sites (N-methyl/N-ethyl adjacent to an activating group) is 1. The zero-order valence-corrected chi connectivity index (χ0v) is 17.3. The lowest BCUT2D eigenvalue weighted by atomic mass is 10.0. The summed E-state index contributed by atoms with van der Waals surface area (Å²) >= 11 is 3.46. The van der Waals surface area contributed by atoms with E-state index in [9.17, 15) is 4.79 Å². The predicted octanol–water partition coefficient (Wildman–Crippen LogP) is 5.34. The van der Waals surface area contributed by atoms with Crippen molar-refractivity contribution in [2.24, 2.45) is 0 Å². The van der Waals surface area contributed by atoms with Gasteiger partial charge in [-0.25, -0.2) is 9.78 Å². The minimum Gasteiger partial charge on any atom is -0.444 e. The van der Waals surface area contributed by atoms with Crippen LogP contribution in [-0.4, -0.2) is 39.7 Å². The number of nitrogens with zero attached hydrogens (tertiary/aromatic N) is 2. The molecule has 1 amide bonds. The van der Waals surface area contributed by atoms with Gasteiger partial charge < -0.3 is 14.6 Å². The fourth-order valence-corrected chi connectivity index (χ4v) is 3.76. The van der Waals surface area contributed by atoms with Crippen molar-refractivity contribution < 1.29 is 9.53 Å². The summed E-state index contributed by atoms with van der Waals surface area (Å²) in [4.78, 5) is 22.3. The largest absolute Gasteiger partial charge is 0.444 e. The van der Waals surface area contributed by atoms with Gasteiger partial charge in [-0.3, -0.25) is 0 Å². The molecule has 1 fully saturated rings. The highest BCUT2D eigenvalue weighted by Gasteiger charge is 2.37. The van der Waals surface area contributed by atoms with Crippen LogP contribution in [0, 0.1) is 0 Å². The Hall–Kier alpha value is -1.82. The maximum absolute atomic E-state index is 12.4. The third kappa shape index (κ3) is 4.29. The molecule has 2 aromatic rings. The molecule has 1 N–H and O–H groups in total. The van der Waals surface area contributed by atoms with Crippen LogP contribution in [-0.2, 0) is 4.74 Å². The van der Waals surface area contributed by atoms with Crippen molar-refractivity contribution in [3.63, 3.8) is 0 Å². The maximum atomic E-state index is 12.4. The van der Waals surface area contributed by atoms with Gasteiger partial charge in [-0.15, -0.1) is 0 Å². The van der Waals surface area contributed by atoms with Crippen LogP contribution in [0.2, 0.25) is 0 Å². The number of nitrogens with one attached hydrogen (secondary N) is 1. The molecule has 0 aliphatic heterocycles. The number of H-pyrrole nitrogens is 1. The minimum absolute atomic E-state index is 0.105. The van der Waals surface area contributed by atoms with Gasteiger partial charge >= 0.3 is 6.09 Å². The predicted molar refractivity (Wildman–Crippen MR) is 106 cm³/mol. The van der Waals surface area contributed by atoms with Gasteiger partial charge in [0.2, 0.25) is 0 Å². The van der Waals surface area contributed by atoms with Crippen LogP contribution in [0.15, 0.2) is 34.9 Å². The Morgan fingerprint density at radius 2 is 1.96 bits per heavy atom. The normalized spacial score (nSPS) is 20.2. The SMILES string of the molecule is CN(C(=O)OC(C)(C)C)C1CCCC1c1ncc(-c2ccc(Br)cc2)[nH]1. The molecule has 6 heteroatoms. The van der Waals surface area contributed by atoms with Crippen LogP contribution in [0.25, 0.3) is 11.3 Å². The summed E-state index contributed by atoms with van der Waals surface area (Å²) in [6.07, 6.45) is 4.67. The van der Waals surface area contributed by atoms with E-state index < -0.39 is 5.60 Å². The third-order valence-corrected chi connectivity index (χ3v) is 5.29. The van der Waals surface area contributed by atoms with Crippen molar-refractivity contribution in [1.29, 1.82) is 0 Å². The number of hydrogen-bond donors (Lipinski definition) is 1. The summed E-state index contributed by atoms with van der Waals surface area (Å²) in [5.74, 6) is 1.15. The monoisotopic (exact) mass is 419 g/mol. The summed E-state index contributed by atoms with van der Waals surface area (Å²) in [6, 6.07) is 8.25. The van der Waals surface area contributed by atoms with Gasteiger partial charge in [-0.1, -0.05) is 34.5 Å². The third-order valence-electron chi connectivity index (χ3n) is 4.76. The molecule has 26 heavy (non-hydrogen) atoms. The number of carbonyl (C=O) groups is 1. The molecule has 0 radical (unpaired) electrons. The Morgan fingerprint density at radius 1 is 1.27 bits per heavy atom. The molecule has 0 bridgehead atoms. The van der Waals surface area contributed by atoms with E-state index in [1.54, 1.807) is 4.90 Å². The number of carbonyl (C=O) groups excluding carboxylic acids is 1. The smallest absolute Gasteiger partial charge is 0.410 e. The minimum atomic E-state index is -0.487. The molecule has 0 spiro atoms. The first-order valence-electron chi connectivity index (χ1n) is 9.01. The molecule has 5 nitrogen and oxygen atoms in total. The van der Waals surface area contributed by atoms with E-state index in [1.807, 2.05) is 46.1 Å². The fraction of sp³-hybridized carbons (Fsp3) is 0.500. The molecule has 1 saturated carbocycles. The molecule has 1 aliphatic rings. The second-order valence-electron chi connectivity index (χ2n) is 7.88. The van der Waals surface area contributed by atoms with Crippen molar-refractivity contribution in [3.8, 4) is 11.3 Å². The lowest BCUT2D eigenvalue weighted by Gasteiger charge is -2.31. The number of hydrogen-bond acceptors (Lipinski definition) is 3. The maximum Gasteiger partial charge on any atom is 0.410 e. The molecule has 2 atom stereocenters. The molecular formula is C20H26BrN3O2. The van der Waals surface area contributed by atoms with Gasteiger partial charge in [0.25, 0.3) is 0 Å². The Balaban J connectivity index is 1.76. The van der Waals surface area contributed by atoms with E-state index in [0.717, 1.165) is 40.8 Å². The Morgan fingerprint density at radius 3 is 2.62 bits per heavy atom. The van der Waals surface area contributed by atoms with E-state index in [-0.39, 0.29) is 18.1 Å². The fourth-order valence-electron chi connectivity index (χ4n) is 3.49. The molecular weight excluding hydrogens is 394 g/mol. The average Bonchev–Trinajstić information content (AvgIpc) is 3.22. The highest BCUT2D eigenvalue weighted by atomic mass is 79.9. The molecule has 1 aliphatic carbocycles. The van der Waals surface area contributed by atoms with E-state index in [1.165, 1.54) is 0 Å². The molecule has 3 rings (SSSR count). The van der Waals surface area contributed by atoms with Crippen LogP contribution in [0.4, 0.5) is 4.79 Å². The summed E-state index contributed by atoms with van der Waals surface area (Å²) in [5, 5.41) is 0. The van der Waals surface area contributed by atoms with Gasteiger partial charge in [-0.05, 0) is 51.3 Å². The Kier molecular flexibility index (Phi) is 5.42. The first-order valence-corrected chi connectivity index (χ1v) is 9.80. The summed E-state index contributed by atoms with van der Waals surface area (Å²) in [6.45, 7) is 5.67. The highest BCUT2D eigenvalue weighted by molar-refractivity contribution is 9.10. The van der Waals surface area contributed by atoms with Crippen molar-refractivity contribution >= 4 is 22.0 Å². The number of imidazole rings is 1. The number of amides is 1. The lowest BCUT2D eigenvalue weighted by molar-refractivity contribution is 0.0211. The van der Waals surface area contributed by atoms with Crippen LogP contribution in [0.1, 0.15) is 51.8 Å². The standard InChI is InChI=1S/C20H26BrN3O2/c1-20(2,3)26-19(25)24(4)17-7-5-6-15(17)18-22-12-16(23-18)13-8-10-14(21)11-9-13/h8-12,15,17H,5-7H2,1-4H3,(H,22,23). The summed E-state index contributed by atoms with van der Waals surface area (Å²) in [7, 11) is 1.83. The van der Waals surface area contributed by atoms with Crippen LogP contribution < -0.4 is 0 Å². The molecule has 2 unspecified atom stereocenters. The molecule has 1 aromatic carbocycles. The molecule has 0 saturated heterocycles. The number of rotatable bonds is 3. The van der Waals surface area contributed by atoms with Crippen LogP contribution in [0.5, 0.6) is 0 Å². The Bertz CT molecular complexity index is 764. The lowest BCUT2D eigenvalue weighted by Crippen LogP contribution is -2.42. The first kappa shape index (κ1) is 19.0. The zero-order chi connectivity index (χ0) is 18.9. The quantitative estimate of drug-likeness (QED) is 0.729. The first-order chi connectivity index (χ1) is 12.2. The van der Waals surface area contributed by atoms with E-state index in [2.05, 4.69) is 38.0 Å². The van der Waals surface area contributed by atoms with Crippen LogP contribution in [0.3, 0.4) is 0 Å².